The average Bonchev–Trinajstić information content (AvgIpc) is 2.49. The van der Waals surface area contributed by atoms with Crippen LogP contribution in [0.4, 0.5) is 10.1 Å². The largest absolute Gasteiger partial charge is 0.354 e. The molecule has 0 aromatic heterocycles. The number of benzene rings is 1. The van der Waals surface area contributed by atoms with Gasteiger partial charge < -0.3 is 5.32 Å². The number of carbonyl (C=O) groups is 1. The van der Waals surface area contributed by atoms with Gasteiger partial charge in [-0.3, -0.25) is 4.79 Å². The van der Waals surface area contributed by atoms with Gasteiger partial charge in [0, 0.05) is 31.1 Å². The van der Waals surface area contributed by atoms with Crippen LogP contribution in [0.5, 0.6) is 0 Å². The molecule has 25 heavy (non-hydrogen) atoms. The molecule has 0 atom stereocenters. The lowest BCUT2D eigenvalue weighted by molar-refractivity contribution is -0.119. The minimum atomic E-state index is -4.00. The number of para-hydroxylation sites is 1. The number of anilines is 1. The number of carbonyl (C=O) groups excluding carboxylic acids is 1. The van der Waals surface area contributed by atoms with Gasteiger partial charge in [-0.1, -0.05) is 32.9 Å². The van der Waals surface area contributed by atoms with Crippen molar-refractivity contribution in [1.82, 2.24) is 9.62 Å². The molecule has 142 valence electrons. The fourth-order valence-corrected chi connectivity index (χ4v) is 3.76. The van der Waals surface area contributed by atoms with Crippen LogP contribution in [-0.4, -0.2) is 56.3 Å². The molecule has 0 spiro atoms. The van der Waals surface area contributed by atoms with Gasteiger partial charge in [-0.2, -0.15) is 24.5 Å². The van der Waals surface area contributed by atoms with E-state index in [2.05, 4.69) is 26.1 Å². The van der Waals surface area contributed by atoms with Gasteiger partial charge in [-0.15, -0.1) is 0 Å². The van der Waals surface area contributed by atoms with Crippen LogP contribution in [0.2, 0.25) is 0 Å². The monoisotopic (exact) mass is 391 g/mol. The molecule has 1 N–H and O–H groups in total. The van der Waals surface area contributed by atoms with Gasteiger partial charge in [0.2, 0.25) is 5.91 Å². The van der Waals surface area contributed by atoms with Crippen molar-refractivity contribution in [2.75, 3.05) is 37.2 Å². The molecule has 0 saturated heterocycles. The molecule has 0 bridgehead atoms. The SMILES string of the molecule is CN(C)S(=O)(=O)N(CC(=O)NCCSC(C)(C)C)c1ccccc1F. The van der Waals surface area contributed by atoms with Gasteiger partial charge in [0.05, 0.1) is 5.69 Å². The molecule has 9 heteroatoms. The number of hydrogen-bond donors (Lipinski definition) is 1. The van der Waals surface area contributed by atoms with E-state index in [4.69, 9.17) is 0 Å². The quantitative estimate of drug-likeness (QED) is 0.689. The molecule has 1 rings (SSSR count). The van der Waals surface area contributed by atoms with Crippen molar-refractivity contribution >= 4 is 33.6 Å². The molecule has 1 aromatic carbocycles. The van der Waals surface area contributed by atoms with Crippen molar-refractivity contribution in [3.63, 3.8) is 0 Å². The first-order chi connectivity index (χ1) is 11.4. The summed E-state index contributed by atoms with van der Waals surface area (Å²) in [7, 11) is -1.33. The third-order valence-electron chi connectivity index (χ3n) is 3.11. The maximum atomic E-state index is 14.1. The Morgan fingerprint density at radius 2 is 1.84 bits per heavy atom. The molecule has 0 aliphatic carbocycles. The summed E-state index contributed by atoms with van der Waals surface area (Å²) < 4.78 is 40.8. The number of nitrogens with one attached hydrogen (secondary N) is 1. The Morgan fingerprint density at radius 3 is 2.36 bits per heavy atom. The van der Waals surface area contributed by atoms with Gasteiger partial charge in [-0.05, 0) is 12.1 Å². The predicted molar refractivity (Wildman–Crippen MR) is 102 cm³/mol. The Hall–Kier alpha value is -1.32. The molecule has 0 fully saturated rings. The van der Waals surface area contributed by atoms with Crippen molar-refractivity contribution in [3.05, 3.63) is 30.1 Å². The van der Waals surface area contributed by atoms with E-state index in [1.807, 2.05) is 0 Å². The third kappa shape index (κ3) is 6.83. The van der Waals surface area contributed by atoms with Gasteiger partial charge >= 0.3 is 10.2 Å². The fourth-order valence-electron chi connectivity index (χ4n) is 1.88. The Balaban J connectivity index is 2.85. The zero-order chi connectivity index (χ0) is 19.3. The second-order valence-electron chi connectivity index (χ2n) is 6.56. The Kier molecular flexibility index (Phi) is 7.70. The van der Waals surface area contributed by atoms with Crippen molar-refractivity contribution in [3.8, 4) is 0 Å². The second-order valence-corrected chi connectivity index (χ2v) is 10.5. The van der Waals surface area contributed by atoms with E-state index >= 15 is 0 Å². The maximum Gasteiger partial charge on any atom is 0.304 e. The smallest absolute Gasteiger partial charge is 0.304 e. The molecular weight excluding hydrogens is 365 g/mol. The van der Waals surface area contributed by atoms with Crippen LogP contribution < -0.4 is 9.62 Å². The first kappa shape index (κ1) is 21.7. The summed E-state index contributed by atoms with van der Waals surface area (Å²) in [6.45, 7) is 6.14. The Morgan fingerprint density at radius 1 is 1.24 bits per heavy atom. The summed E-state index contributed by atoms with van der Waals surface area (Å²) in [6.07, 6.45) is 0. The van der Waals surface area contributed by atoms with Crippen LogP contribution in [0.3, 0.4) is 0 Å². The first-order valence-electron chi connectivity index (χ1n) is 7.80. The highest BCUT2D eigenvalue weighted by atomic mass is 32.2. The first-order valence-corrected chi connectivity index (χ1v) is 10.2. The van der Waals surface area contributed by atoms with E-state index in [0.29, 0.717) is 12.3 Å². The van der Waals surface area contributed by atoms with Crippen molar-refractivity contribution in [2.45, 2.75) is 25.5 Å². The number of halogens is 1. The van der Waals surface area contributed by atoms with Crippen LogP contribution in [-0.2, 0) is 15.0 Å². The van der Waals surface area contributed by atoms with E-state index < -0.39 is 28.5 Å². The standard InChI is InChI=1S/C16H26FN3O3S2/c1-16(2,3)24-11-10-18-15(21)12-20(25(22,23)19(4)5)14-9-7-6-8-13(14)17/h6-9H,10-12H2,1-5H3,(H,18,21). The van der Waals surface area contributed by atoms with E-state index in [-0.39, 0.29) is 10.4 Å². The molecule has 0 aliphatic heterocycles. The van der Waals surface area contributed by atoms with E-state index in [0.717, 1.165) is 14.7 Å². The van der Waals surface area contributed by atoms with Crippen LogP contribution in [0.1, 0.15) is 20.8 Å². The number of thioether (sulfide) groups is 1. The number of rotatable bonds is 8. The van der Waals surface area contributed by atoms with Gasteiger partial charge in [0.15, 0.2) is 0 Å². The van der Waals surface area contributed by atoms with Crippen LogP contribution in [0.25, 0.3) is 0 Å². The molecule has 0 heterocycles. The van der Waals surface area contributed by atoms with Gasteiger partial charge in [-0.25, -0.2) is 8.70 Å². The predicted octanol–water partition coefficient (Wildman–Crippen LogP) is 2.09. The lowest BCUT2D eigenvalue weighted by atomic mass is 10.3. The van der Waals surface area contributed by atoms with Crippen molar-refractivity contribution in [2.24, 2.45) is 0 Å². The zero-order valence-electron chi connectivity index (χ0n) is 15.2. The summed E-state index contributed by atoms with van der Waals surface area (Å²) in [5, 5.41) is 2.68. The Bertz CT molecular complexity index is 688. The van der Waals surface area contributed by atoms with Crippen LogP contribution in [0, 0.1) is 5.82 Å². The number of hydrogen-bond acceptors (Lipinski definition) is 4. The van der Waals surface area contributed by atoms with Crippen LogP contribution >= 0.6 is 11.8 Å². The molecule has 6 nitrogen and oxygen atoms in total. The minimum Gasteiger partial charge on any atom is -0.354 e. The highest BCUT2D eigenvalue weighted by molar-refractivity contribution is 8.00. The Labute approximate surface area is 153 Å². The number of amides is 1. The molecule has 0 unspecified atom stereocenters. The lowest BCUT2D eigenvalue weighted by Crippen LogP contribution is -2.46. The summed E-state index contributed by atoms with van der Waals surface area (Å²) >= 11 is 1.69. The summed E-state index contributed by atoms with van der Waals surface area (Å²) in [5.41, 5.74) is -0.157. The molecule has 1 amide bonds. The molecule has 1 aromatic rings. The topological polar surface area (TPSA) is 69.7 Å². The van der Waals surface area contributed by atoms with Gasteiger partial charge in [0.1, 0.15) is 12.4 Å². The van der Waals surface area contributed by atoms with E-state index in [9.17, 15) is 17.6 Å². The highest BCUT2D eigenvalue weighted by Gasteiger charge is 2.29. The van der Waals surface area contributed by atoms with E-state index in [1.165, 1.54) is 32.3 Å². The summed E-state index contributed by atoms with van der Waals surface area (Å²) in [6, 6.07) is 5.47. The third-order valence-corrected chi connectivity index (χ3v) is 6.19. The van der Waals surface area contributed by atoms with E-state index in [1.54, 1.807) is 11.8 Å². The van der Waals surface area contributed by atoms with Gasteiger partial charge in [0.25, 0.3) is 0 Å². The lowest BCUT2D eigenvalue weighted by Gasteiger charge is -2.27. The van der Waals surface area contributed by atoms with Crippen LogP contribution in [0.15, 0.2) is 24.3 Å². The van der Waals surface area contributed by atoms with Crippen molar-refractivity contribution in [1.29, 1.82) is 0 Å². The molecule has 0 aliphatic rings. The zero-order valence-corrected chi connectivity index (χ0v) is 16.9. The summed E-state index contributed by atoms with van der Waals surface area (Å²) in [5.74, 6) is -0.484. The average molecular weight is 392 g/mol. The summed E-state index contributed by atoms with van der Waals surface area (Å²) in [4.78, 5) is 12.2. The molecule has 0 radical (unpaired) electrons. The fraction of sp³-hybridized carbons (Fsp3) is 0.562. The molecule has 0 saturated carbocycles. The maximum absolute atomic E-state index is 14.1. The van der Waals surface area contributed by atoms with Crippen molar-refractivity contribution < 1.29 is 17.6 Å². The second kappa shape index (κ2) is 8.86. The normalized spacial score (nSPS) is 12.3. The number of nitrogens with zero attached hydrogens (tertiary/aromatic N) is 2. The highest BCUT2D eigenvalue weighted by Crippen LogP contribution is 2.23. The minimum absolute atomic E-state index is 0.0815. The molecular formula is C16H26FN3O3S2.